The number of likely N-dealkylation sites (tertiary alicyclic amines) is 1. The molecule has 2 amide bonds. The third kappa shape index (κ3) is 6.17. The van der Waals surface area contributed by atoms with Crippen LogP contribution in [0.1, 0.15) is 24.0 Å². The number of nitrogens with zero attached hydrogens (tertiary/aromatic N) is 3. The molecule has 0 unspecified atom stereocenters. The monoisotopic (exact) mass is 403 g/mol. The van der Waals surface area contributed by atoms with Crippen LogP contribution in [0.2, 0.25) is 0 Å². The van der Waals surface area contributed by atoms with Gasteiger partial charge < -0.3 is 15.5 Å². The van der Waals surface area contributed by atoms with Gasteiger partial charge in [-0.05, 0) is 36.6 Å². The Balaban J connectivity index is 1.35. The lowest BCUT2D eigenvalue weighted by molar-refractivity contribution is -0.132. The number of nitrogens with one attached hydrogen (secondary N) is 2. The van der Waals surface area contributed by atoms with E-state index in [1.165, 1.54) is 6.20 Å². The Morgan fingerprint density at radius 1 is 1.13 bits per heavy atom. The number of benzene rings is 1. The summed E-state index contributed by atoms with van der Waals surface area (Å²) in [6.07, 6.45) is 6.25. The van der Waals surface area contributed by atoms with Gasteiger partial charge in [0.2, 0.25) is 11.8 Å². The minimum absolute atomic E-state index is 0.0168. The van der Waals surface area contributed by atoms with Crippen molar-refractivity contribution in [1.82, 2.24) is 15.2 Å². The predicted molar refractivity (Wildman–Crippen MR) is 115 cm³/mol. The van der Waals surface area contributed by atoms with E-state index in [9.17, 15) is 9.59 Å². The van der Waals surface area contributed by atoms with E-state index in [2.05, 4.69) is 15.6 Å². The number of amides is 2. The average molecular weight is 403 g/mol. The van der Waals surface area contributed by atoms with Crippen LogP contribution in [0.15, 0.2) is 54.7 Å². The first-order chi connectivity index (χ1) is 14.7. The molecule has 1 aliphatic rings. The van der Waals surface area contributed by atoms with E-state index in [1.807, 2.05) is 42.5 Å². The molecule has 3 rings (SSSR count). The third-order valence-electron chi connectivity index (χ3n) is 5.02. The van der Waals surface area contributed by atoms with Gasteiger partial charge in [0.15, 0.2) is 0 Å². The Hall–Kier alpha value is -3.66. The molecule has 1 fully saturated rings. The Morgan fingerprint density at radius 3 is 2.57 bits per heavy atom. The summed E-state index contributed by atoms with van der Waals surface area (Å²) in [6, 6.07) is 15.2. The van der Waals surface area contributed by atoms with Gasteiger partial charge in [-0.15, -0.1) is 0 Å². The van der Waals surface area contributed by atoms with Gasteiger partial charge >= 0.3 is 0 Å². The van der Waals surface area contributed by atoms with Gasteiger partial charge in [-0.25, -0.2) is 4.98 Å². The molecule has 0 spiro atoms. The third-order valence-corrected chi connectivity index (χ3v) is 5.02. The number of hydrogen-bond donors (Lipinski definition) is 2. The van der Waals surface area contributed by atoms with Gasteiger partial charge in [-0.1, -0.05) is 30.3 Å². The first-order valence-corrected chi connectivity index (χ1v) is 10.1. The highest BCUT2D eigenvalue weighted by Gasteiger charge is 2.26. The molecule has 2 N–H and O–H groups in total. The summed E-state index contributed by atoms with van der Waals surface area (Å²) in [7, 11) is 0. The van der Waals surface area contributed by atoms with E-state index in [0.29, 0.717) is 50.4 Å². The van der Waals surface area contributed by atoms with Crippen molar-refractivity contribution < 1.29 is 9.59 Å². The second kappa shape index (κ2) is 10.8. The van der Waals surface area contributed by atoms with Crippen molar-refractivity contribution in [2.45, 2.75) is 12.8 Å². The summed E-state index contributed by atoms with van der Waals surface area (Å²) >= 11 is 0. The zero-order chi connectivity index (χ0) is 21.2. The van der Waals surface area contributed by atoms with Crippen molar-refractivity contribution in [2.75, 3.05) is 31.5 Å². The minimum Gasteiger partial charge on any atom is -0.368 e. The van der Waals surface area contributed by atoms with Crippen LogP contribution < -0.4 is 10.6 Å². The number of hydrogen-bond acceptors (Lipinski definition) is 5. The molecule has 30 heavy (non-hydrogen) atoms. The first-order valence-electron chi connectivity index (χ1n) is 10.1. The molecule has 0 radical (unpaired) electrons. The fraction of sp³-hybridized carbons (Fsp3) is 0.304. The SMILES string of the molecule is N#Cc1ccc(NCCNC(=O)C2CCN(C(=O)/C=C/c3ccccc3)CC2)nc1. The maximum atomic E-state index is 12.4. The van der Waals surface area contributed by atoms with Gasteiger partial charge in [-0.2, -0.15) is 5.26 Å². The van der Waals surface area contributed by atoms with E-state index in [-0.39, 0.29) is 17.7 Å². The first kappa shape index (κ1) is 21.1. The fourth-order valence-corrected chi connectivity index (χ4v) is 3.28. The van der Waals surface area contributed by atoms with E-state index in [1.54, 1.807) is 23.1 Å². The normalized spacial score (nSPS) is 14.3. The lowest BCUT2D eigenvalue weighted by Crippen LogP contribution is -2.43. The zero-order valence-corrected chi connectivity index (χ0v) is 16.8. The smallest absolute Gasteiger partial charge is 0.246 e. The van der Waals surface area contributed by atoms with Gasteiger partial charge in [0, 0.05) is 44.4 Å². The summed E-state index contributed by atoms with van der Waals surface area (Å²) in [5.41, 5.74) is 1.50. The Labute approximate surface area is 176 Å². The van der Waals surface area contributed by atoms with Crippen molar-refractivity contribution in [2.24, 2.45) is 5.92 Å². The van der Waals surface area contributed by atoms with Crippen molar-refractivity contribution >= 4 is 23.7 Å². The average Bonchev–Trinajstić information content (AvgIpc) is 2.81. The highest BCUT2D eigenvalue weighted by atomic mass is 16.2. The van der Waals surface area contributed by atoms with Gasteiger partial charge in [0.05, 0.1) is 5.56 Å². The number of rotatable bonds is 7. The van der Waals surface area contributed by atoms with Crippen molar-refractivity contribution in [1.29, 1.82) is 5.26 Å². The van der Waals surface area contributed by atoms with E-state index < -0.39 is 0 Å². The maximum Gasteiger partial charge on any atom is 0.246 e. The van der Waals surface area contributed by atoms with Crippen LogP contribution in [0.5, 0.6) is 0 Å². The second-order valence-electron chi connectivity index (χ2n) is 7.11. The van der Waals surface area contributed by atoms with Crippen molar-refractivity contribution in [3.8, 4) is 6.07 Å². The molecule has 154 valence electrons. The van der Waals surface area contributed by atoms with Gasteiger partial charge in [-0.3, -0.25) is 9.59 Å². The summed E-state index contributed by atoms with van der Waals surface area (Å²) in [4.78, 5) is 30.6. The molecule has 2 aromatic rings. The number of aromatic nitrogens is 1. The number of carbonyl (C=O) groups is 2. The zero-order valence-electron chi connectivity index (χ0n) is 16.8. The van der Waals surface area contributed by atoms with E-state index >= 15 is 0 Å². The molecule has 0 bridgehead atoms. The van der Waals surface area contributed by atoms with Gasteiger partial charge in [0.1, 0.15) is 11.9 Å². The summed E-state index contributed by atoms with van der Waals surface area (Å²) in [5.74, 6) is 0.604. The molecule has 7 nitrogen and oxygen atoms in total. The lowest BCUT2D eigenvalue weighted by Gasteiger charge is -2.30. The number of anilines is 1. The van der Waals surface area contributed by atoms with Crippen LogP contribution in [0, 0.1) is 17.2 Å². The molecule has 2 heterocycles. The number of piperidine rings is 1. The van der Waals surface area contributed by atoms with E-state index in [0.717, 1.165) is 5.56 Å². The van der Waals surface area contributed by atoms with Gasteiger partial charge in [0.25, 0.3) is 0 Å². The fourth-order valence-electron chi connectivity index (χ4n) is 3.28. The molecule has 1 aromatic heterocycles. The molecule has 1 saturated heterocycles. The highest BCUT2D eigenvalue weighted by molar-refractivity contribution is 5.92. The Morgan fingerprint density at radius 2 is 1.90 bits per heavy atom. The van der Waals surface area contributed by atoms with Crippen molar-refractivity contribution in [3.63, 3.8) is 0 Å². The van der Waals surface area contributed by atoms with Crippen LogP contribution in [0.25, 0.3) is 6.08 Å². The van der Waals surface area contributed by atoms with Crippen molar-refractivity contribution in [3.05, 3.63) is 65.9 Å². The summed E-state index contributed by atoms with van der Waals surface area (Å²) < 4.78 is 0. The Kier molecular flexibility index (Phi) is 7.56. The van der Waals surface area contributed by atoms with Crippen LogP contribution in [0.4, 0.5) is 5.82 Å². The molecule has 0 atom stereocenters. The molecule has 7 heteroatoms. The predicted octanol–water partition coefficient (Wildman–Crippen LogP) is 2.43. The molecular formula is C23H25N5O2. The number of pyridine rings is 1. The Bertz CT molecular complexity index is 911. The van der Waals surface area contributed by atoms with Crippen LogP contribution in [0.3, 0.4) is 0 Å². The molecule has 1 aliphatic heterocycles. The number of nitriles is 1. The van der Waals surface area contributed by atoms with Crippen LogP contribution in [-0.2, 0) is 9.59 Å². The van der Waals surface area contributed by atoms with E-state index in [4.69, 9.17) is 5.26 Å². The molecule has 0 saturated carbocycles. The minimum atomic E-state index is -0.0693. The summed E-state index contributed by atoms with van der Waals surface area (Å²) in [5, 5.41) is 14.8. The summed E-state index contributed by atoms with van der Waals surface area (Å²) in [6.45, 7) is 2.21. The molecular weight excluding hydrogens is 378 g/mol. The number of carbonyl (C=O) groups excluding carboxylic acids is 2. The topological polar surface area (TPSA) is 98.1 Å². The second-order valence-corrected chi connectivity index (χ2v) is 7.11. The maximum absolute atomic E-state index is 12.4. The molecule has 0 aliphatic carbocycles. The largest absolute Gasteiger partial charge is 0.368 e. The standard InChI is InChI=1S/C23H25N5O2/c24-16-19-6-8-21(27-17-19)25-12-13-26-23(30)20-10-14-28(15-11-20)22(29)9-7-18-4-2-1-3-5-18/h1-9,17,20H,10-15H2,(H,25,27)(H,26,30)/b9-7+. The van der Waals surface area contributed by atoms with Crippen LogP contribution in [-0.4, -0.2) is 47.9 Å². The quantitative estimate of drug-likeness (QED) is 0.547. The molecule has 1 aromatic carbocycles. The lowest BCUT2D eigenvalue weighted by atomic mass is 9.96. The van der Waals surface area contributed by atoms with Crippen LogP contribution >= 0.6 is 0 Å². The highest BCUT2D eigenvalue weighted by Crippen LogP contribution is 2.18.